The number of allylic oxidation sites excluding steroid dienone is 1. The minimum absolute atomic E-state index is 0.275. The van der Waals surface area contributed by atoms with Gasteiger partial charge < -0.3 is 9.47 Å². The monoisotopic (exact) mass is 332 g/mol. The van der Waals surface area contributed by atoms with Crippen LogP contribution in [0.15, 0.2) is 12.2 Å². The van der Waals surface area contributed by atoms with Crippen molar-refractivity contribution < 1.29 is 23.9 Å². The topological polar surface area (TPSA) is 69.7 Å². The van der Waals surface area contributed by atoms with Crippen LogP contribution in [0, 0.1) is 11.8 Å². The molecule has 19 heavy (non-hydrogen) atoms. The highest BCUT2D eigenvalue weighted by atomic mass is 79.9. The van der Waals surface area contributed by atoms with Gasteiger partial charge in [-0.1, -0.05) is 22.9 Å². The molecule has 0 unspecified atom stereocenters. The molecule has 0 radical (unpaired) electrons. The first-order valence-electron chi connectivity index (χ1n) is 6.07. The van der Waals surface area contributed by atoms with Gasteiger partial charge >= 0.3 is 11.9 Å². The fourth-order valence-corrected chi connectivity index (χ4v) is 2.40. The molecule has 1 saturated heterocycles. The smallest absolute Gasteiger partial charge is 0.330 e. The molecule has 5 nitrogen and oxygen atoms in total. The lowest BCUT2D eigenvalue weighted by Gasteiger charge is -2.16. The normalized spacial score (nSPS) is 26.5. The maximum atomic E-state index is 12.1. The summed E-state index contributed by atoms with van der Waals surface area (Å²) in [6.07, 6.45) is 3.27. The molecule has 0 N–H and O–H groups in total. The number of halogens is 1. The first kappa shape index (κ1) is 15.9. The molecule has 0 saturated carbocycles. The molecule has 3 atom stereocenters. The molecule has 106 valence electrons. The number of hydrogen-bond acceptors (Lipinski definition) is 5. The standard InChI is InChI=1S/C13H17BrO5/c1-8-12(9(15)5-6-11(16)18-2)10(4-3-7-14)19-13(8)17/h5-6,8,10,12H,3-4,7H2,1-2H3/b6-5+/t8-,10+,12+/m0/s1. The van der Waals surface area contributed by atoms with Gasteiger partial charge in [0.05, 0.1) is 18.9 Å². The molecular weight excluding hydrogens is 316 g/mol. The van der Waals surface area contributed by atoms with Crippen molar-refractivity contribution in [1.82, 2.24) is 0 Å². The zero-order valence-corrected chi connectivity index (χ0v) is 12.5. The van der Waals surface area contributed by atoms with Crippen LogP contribution in [-0.4, -0.2) is 36.3 Å². The van der Waals surface area contributed by atoms with Crippen LogP contribution >= 0.6 is 15.9 Å². The largest absolute Gasteiger partial charge is 0.466 e. The average molecular weight is 333 g/mol. The fraction of sp³-hybridized carbons (Fsp3) is 0.615. The average Bonchev–Trinajstić information content (AvgIpc) is 2.68. The predicted octanol–water partition coefficient (Wildman–Crippen LogP) is 1.64. The Morgan fingerprint density at radius 1 is 1.42 bits per heavy atom. The Kier molecular flexibility index (Phi) is 6.21. The van der Waals surface area contributed by atoms with E-state index < -0.39 is 23.9 Å². The Morgan fingerprint density at radius 2 is 2.11 bits per heavy atom. The van der Waals surface area contributed by atoms with Gasteiger partial charge in [0.1, 0.15) is 6.10 Å². The molecule has 1 fully saturated rings. The number of rotatable bonds is 6. The molecule has 1 rings (SSSR count). The van der Waals surface area contributed by atoms with E-state index in [2.05, 4.69) is 20.7 Å². The number of carbonyl (C=O) groups is 3. The number of hydrogen-bond donors (Lipinski definition) is 0. The van der Waals surface area contributed by atoms with Gasteiger partial charge in [0.25, 0.3) is 0 Å². The number of methoxy groups -OCH3 is 1. The van der Waals surface area contributed by atoms with Crippen molar-refractivity contribution in [3.63, 3.8) is 0 Å². The Morgan fingerprint density at radius 3 is 2.68 bits per heavy atom. The van der Waals surface area contributed by atoms with Crippen LogP contribution < -0.4 is 0 Å². The van der Waals surface area contributed by atoms with Crippen LogP contribution in [0.3, 0.4) is 0 Å². The van der Waals surface area contributed by atoms with E-state index in [4.69, 9.17) is 4.74 Å². The van der Waals surface area contributed by atoms with Gasteiger partial charge in [0.15, 0.2) is 5.78 Å². The van der Waals surface area contributed by atoms with E-state index in [-0.39, 0.29) is 11.8 Å². The van der Waals surface area contributed by atoms with Crippen molar-refractivity contribution in [2.75, 3.05) is 12.4 Å². The number of ketones is 1. The highest BCUT2D eigenvalue weighted by Gasteiger charge is 2.44. The lowest BCUT2D eigenvalue weighted by molar-refractivity contribution is -0.144. The van der Waals surface area contributed by atoms with E-state index in [1.165, 1.54) is 7.11 Å². The highest BCUT2D eigenvalue weighted by Crippen LogP contribution is 2.32. The molecule has 6 heteroatoms. The van der Waals surface area contributed by atoms with Gasteiger partial charge in [-0.2, -0.15) is 0 Å². The first-order chi connectivity index (χ1) is 9.01. The van der Waals surface area contributed by atoms with Crippen LogP contribution in [0.2, 0.25) is 0 Å². The number of carbonyl (C=O) groups excluding carboxylic acids is 3. The molecular formula is C13H17BrO5. The molecule has 1 aliphatic rings. The SMILES string of the molecule is COC(=O)/C=C/C(=O)[C@H]1[C@H](C)C(=O)O[C@@H]1CCCBr. The van der Waals surface area contributed by atoms with Crippen molar-refractivity contribution in [1.29, 1.82) is 0 Å². The van der Waals surface area contributed by atoms with E-state index in [0.29, 0.717) is 6.42 Å². The summed E-state index contributed by atoms with van der Waals surface area (Å²) in [5.41, 5.74) is 0. The molecule has 1 heterocycles. The van der Waals surface area contributed by atoms with Gasteiger partial charge in [-0.15, -0.1) is 0 Å². The zero-order valence-electron chi connectivity index (χ0n) is 10.9. The zero-order chi connectivity index (χ0) is 14.4. The van der Waals surface area contributed by atoms with Gasteiger partial charge in [0.2, 0.25) is 0 Å². The van der Waals surface area contributed by atoms with Crippen molar-refractivity contribution in [2.24, 2.45) is 11.8 Å². The molecule has 1 aliphatic heterocycles. The van der Waals surface area contributed by atoms with Crippen molar-refractivity contribution in [3.8, 4) is 0 Å². The van der Waals surface area contributed by atoms with Crippen molar-refractivity contribution in [3.05, 3.63) is 12.2 Å². The minimum atomic E-state index is -0.594. The molecule has 0 aromatic carbocycles. The predicted molar refractivity (Wildman–Crippen MR) is 71.7 cm³/mol. The van der Waals surface area contributed by atoms with E-state index >= 15 is 0 Å². The lowest BCUT2D eigenvalue weighted by Crippen LogP contribution is -2.27. The van der Waals surface area contributed by atoms with Crippen LogP contribution in [0.1, 0.15) is 19.8 Å². The maximum absolute atomic E-state index is 12.1. The van der Waals surface area contributed by atoms with Crippen molar-refractivity contribution in [2.45, 2.75) is 25.9 Å². The fourth-order valence-electron chi connectivity index (χ4n) is 2.07. The lowest BCUT2D eigenvalue weighted by atomic mass is 9.86. The third kappa shape index (κ3) is 4.16. The summed E-state index contributed by atoms with van der Waals surface area (Å²) >= 11 is 3.30. The van der Waals surface area contributed by atoms with Crippen LogP contribution in [0.5, 0.6) is 0 Å². The minimum Gasteiger partial charge on any atom is -0.466 e. The van der Waals surface area contributed by atoms with Gasteiger partial charge in [0, 0.05) is 11.4 Å². The van der Waals surface area contributed by atoms with E-state index in [1.54, 1.807) is 6.92 Å². The van der Waals surface area contributed by atoms with Crippen LogP contribution in [0.4, 0.5) is 0 Å². The van der Waals surface area contributed by atoms with E-state index in [0.717, 1.165) is 23.9 Å². The van der Waals surface area contributed by atoms with Crippen LogP contribution in [-0.2, 0) is 23.9 Å². The Labute approximate surface area is 120 Å². The molecule has 0 aliphatic carbocycles. The second-order valence-electron chi connectivity index (χ2n) is 4.38. The second-order valence-corrected chi connectivity index (χ2v) is 5.17. The Balaban J connectivity index is 2.75. The Bertz CT molecular complexity index is 390. The highest BCUT2D eigenvalue weighted by molar-refractivity contribution is 9.09. The number of esters is 2. The summed E-state index contributed by atoms with van der Waals surface area (Å²) < 4.78 is 9.63. The number of alkyl halides is 1. The maximum Gasteiger partial charge on any atom is 0.330 e. The van der Waals surface area contributed by atoms with Crippen molar-refractivity contribution >= 4 is 33.7 Å². The summed E-state index contributed by atoms with van der Waals surface area (Å²) in [6, 6.07) is 0. The molecule has 0 bridgehead atoms. The van der Waals surface area contributed by atoms with Gasteiger partial charge in [-0.05, 0) is 18.9 Å². The molecule has 0 amide bonds. The van der Waals surface area contributed by atoms with E-state index in [1.807, 2.05) is 0 Å². The van der Waals surface area contributed by atoms with E-state index in [9.17, 15) is 14.4 Å². The summed E-state index contributed by atoms with van der Waals surface area (Å²) in [6.45, 7) is 1.67. The van der Waals surface area contributed by atoms with Gasteiger partial charge in [-0.3, -0.25) is 9.59 Å². The summed E-state index contributed by atoms with van der Waals surface area (Å²) in [5.74, 6) is -2.22. The summed E-state index contributed by atoms with van der Waals surface area (Å²) in [5, 5.41) is 0.786. The quantitative estimate of drug-likeness (QED) is 0.420. The summed E-state index contributed by atoms with van der Waals surface area (Å²) in [4.78, 5) is 34.6. The number of ether oxygens (including phenoxy) is 2. The third-order valence-electron chi connectivity index (χ3n) is 3.11. The van der Waals surface area contributed by atoms with Crippen LogP contribution in [0.25, 0.3) is 0 Å². The van der Waals surface area contributed by atoms with Gasteiger partial charge in [-0.25, -0.2) is 4.79 Å². The third-order valence-corrected chi connectivity index (χ3v) is 3.67. The Hall–Kier alpha value is -1.17. The molecule has 0 aromatic heterocycles. The summed E-state index contributed by atoms with van der Waals surface area (Å²) in [7, 11) is 1.24. The second kappa shape index (κ2) is 7.43. The molecule has 0 spiro atoms. The molecule has 0 aromatic rings. The first-order valence-corrected chi connectivity index (χ1v) is 7.19. The number of cyclic esters (lactones) is 1.